The predicted octanol–water partition coefficient (Wildman–Crippen LogP) is 2.93. The van der Waals surface area contributed by atoms with Gasteiger partial charge in [0.25, 0.3) is 5.56 Å². The number of aromatic amines is 1. The fourth-order valence-corrected chi connectivity index (χ4v) is 5.39. The topological polar surface area (TPSA) is 107 Å². The zero-order valence-corrected chi connectivity index (χ0v) is 19.2. The van der Waals surface area contributed by atoms with Crippen LogP contribution in [0.3, 0.4) is 0 Å². The van der Waals surface area contributed by atoms with Gasteiger partial charge in [-0.3, -0.25) is 9.69 Å². The maximum absolute atomic E-state index is 13.0. The van der Waals surface area contributed by atoms with Crippen molar-refractivity contribution in [2.75, 3.05) is 19.9 Å². The van der Waals surface area contributed by atoms with Gasteiger partial charge in [0.15, 0.2) is 17.3 Å². The highest BCUT2D eigenvalue weighted by Gasteiger charge is 2.25. The summed E-state index contributed by atoms with van der Waals surface area (Å²) >= 11 is 0. The van der Waals surface area contributed by atoms with Gasteiger partial charge < -0.3 is 19.2 Å². The van der Waals surface area contributed by atoms with Crippen LogP contribution in [0.4, 0.5) is 0 Å². The van der Waals surface area contributed by atoms with E-state index >= 15 is 0 Å². The van der Waals surface area contributed by atoms with E-state index in [4.69, 9.17) is 14.2 Å². The van der Waals surface area contributed by atoms with Gasteiger partial charge in [-0.05, 0) is 48.2 Å². The first-order valence-electron chi connectivity index (χ1n) is 12.3. The lowest BCUT2D eigenvalue weighted by atomic mass is 9.95. The van der Waals surface area contributed by atoms with Crippen molar-refractivity contribution < 1.29 is 14.2 Å². The second kappa shape index (κ2) is 9.34. The van der Waals surface area contributed by atoms with Gasteiger partial charge in [0.2, 0.25) is 6.79 Å². The molecule has 4 heterocycles. The van der Waals surface area contributed by atoms with E-state index in [0.29, 0.717) is 36.2 Å². The SMILES string of the molecule is O=c1[nH]c2cc3c(cc2cc1CN(Cc1nnnn1C1CCCCC1)C[C@@H]1CCCO1)OCO3. The van der Waals surface area contributed by atoms with Crippen LogP contribution in [0.1, 0.15) is 62.4 Å². The molecule has 3 aromatic rings. The van der Waals surface area contributed by atoms with Crippen LogP contribution in [-0.2, 0) is 17.8 Å². The monoisotopic (exact) mass is 466 g/mol. The Balaban J connectivity index is 1.27. The van der Waals surface area contributed by atoms with E-state index in [1.165, 1.54) is 19.3 Å². The molecule has 2 fully saturated rings. The molecule has 1 aliphatic carbocycles. The standard InChI is InChI=1S/C24H30N6O4/c31-24-17(9-16-10-21-22(34-15-33-21)11-20(16)25-24)12-29(13-19-7-4-8-32-19)14-23-26-27-28-30(23)18-5-2-1-3-6-18/h9-11,18-19H,1-8,12-15H2,(H,25,31)/t19-/m0/s1. The molecule has 1 saturated heterocycles. The zero-order valence-electron chi connectivity index (χ0n) is 19.2. The minimum absolute atomic E-state index is 0.101. The lowest BCUT2D eigenvalue weighted by Gasteiger charge is -2.27. The van der Waals surface area contributed by atoms with Crippen molar-refractivity contribution in [2.24, 2.45) is 0 Å². The van der Waals surface area contributed by atoms with Crippen LogP contribution in [0.25, 0.3) is 10.9 Å². The summed E-state index contributed by atoms with van der Waals surface area (Å²) < 4.78 is 18.9. The van der Waals surface area contributed by atoms with Crippen molar-refractivity contribution in [3.63, 3.8) is 0 Å². The van der Waals surface area contributed by atoms with E-state index < -0.39 is 0 Å². The molecule has 1 aromatic carbocycles. The van der Waals surface area contributed by atoms with Crippen molar-refractivity contribution in [2.45, 2.75) is 70.2 Å². The van der Waals surface area contributed by atoms with Crippen molar-refractivity contribution >= 4 is 10.9 Å². The summed E-state index contributed by atoms with van der Waals surface area (Å²) in [5, 5.41) is 13.6. The van der Waals surface area contributed by atoms with Gasteiger partial charge in [-0.25, -0.2) is 4.68 Å². The summed E-state index contributed by atoms with van der Waals surface area (Å²) in [6.07, 6.45) is 8.21. The first-order chi connectivity index (χ1) is 16.7. The number of H-pyrrole nitrogens is 1. The molecule has 1 saturated carbocycles. The molecule has 0 spiro atoms. The van der Waals surface area contributed by atoms with Gasteiger partial charge in [-0.1, -0.05) is 19.3 Å². The Morgan fingerprint density at radius 3 is 2.71 bits per heavy atom. The Morgan fingerprint density at radius 1 is 1.03 bits per heavy atom. The number of nitrogens with zero attached hydrogens (tertiary/aromatic N) is 5. The fourth-order valence-electron chi connectivity index (χ4n) is 5.39. The van der Waals surface area contributed by atoms with E-state index in [0.717, 1.165) is 55.6 Å². The van der Waals surface area contributed by atoms with E-state index in [2.05, 4.69) is 25.4 Å². The number of hydrogen-bond acceptors (Lipinski definition) is 8. The molecule has 180 valence electrons. The third kappa shape index (κ3) is 4.39. The number of rotatable bonds is 7. The number of hydrogen-bond donors (Lipinski definition) is 1. The number of ether oxygens (including phenoxy) is 3. The average molecular weight is 467 g/mol. The number of tetrazole rings is 1. The van der Waals surface area contributed by atoms with Crippen molar-refractivity contribution in [1.29, 1.82) is 0 Å². The number of pyridine rings is 1. The molecule has 1 atom stereocenters. The van der Waals surface area contributed by atoms with Gasteiger partial charge in [0, 0.05) is 36.7 Å². The van der Waals surface area contributed by atoms with Gasteiger partial charge >= 0.3 is 0 Å². The highest BCUT2D eigenvalue weighted by atomic mass is 16.7. The zero-order chi connectivity index (χ0) is 22.9. The van der Waals surface area contributed by atoms with E-state index in [-0.39, 0.29) is 18.5 Å². The average Bonchev–Trinajstić information content (AvgIpc) is 3.61. The molecule has 2 aromatic heterocycles. The molecule has 34 heavy (non-hydrogen) atoms. The Labute approximate surface area is 197 Å². The predicted molar refractivity (Wildman–Crippen MR) is 124 cm³/mol. The number of aromatic nitrogens is 5. The number of nitrogens with one attached hydrogen (secondary N) is 1. The summed E-state index contributed by atoms with van der Waals surface area (Å²) in [5.74, 6) is 2.21. The fraction of sp³-hybridized carbons (Fsp3) is 0.583. The Bertz CT molecular complexity index is 1210. The van der Waals surface area contributed by atoms with Gasteiger partial charge in [0.05, 0.1) is 24.2 Å². The van der Waals surface area contributed by atoms with Crippen LogP contribution in [0, 0.1) is 0 Å². The molecule has 6 rings (SSSR count). The lowest BCUT2D eigenvalue weighted by molar-refractivity contribution is 0.0659. The maximum Gasteiger partial charge on any atom is 0.252 e. The molecule has 1 N–H and O–H groups in total. The van der Waals surface area contributed by atoms with Crippen LogP contribution >= 0.6 is 0 Å². The van der Waals surface area contributed by atoms with Crippen molar-refractivity contribution in [3.8, 4) is 11.5 Å². The smallest absolute Gasteiger partial charge is 0.252 e. The molecule has 2 aliphatic heterocycles. The van der Waals surface area contributed by atoms with Crippen LogP contribution in [0.2, 0.25) is 0 Å². The molecular weight excluding hydrogens is 436 g/mol. The van der Waals surface area contributed by atoms with Gasteiger partial charge in [-0.15, -0.1) is 5.10 Å². The Morgan fingerprint density at radius 2 is 1.88 bits per heavy atom. The molecular formula is C24H30N6O4. The summed E-state index contributed by atoms with van der Waals surface area (Å²) in [6.45, 7) is 2.78. The summed E-state index contributed by atoms with van der Waals surface area (Å²) in [4.78, 5) is 18.2. The molecule has 10 heteroatoms. The van der Waals surface area contributed by atoms with Crippen LogP contribution in [0.15, 0.2) is 23.0 Å². The normalized spacial score (nSPS) is 20.6. The Hall–Kier alpha value is -2.98. The van der Waals surface area contributed by atoms with Crippen LogP contribution < -0.4 is 15.0 Å². The van der Waals surface area contributed by atoms with E-state index in [1.54, 1.807) is 0 Å². The number of fused-ring (bicyclic) bond motifs is 2. The summed E-state index contributed by atoms with van der Waals surface area (Å²) in [6, 6.07) is 6.05. The largest absolute Gasteiger partial charge is 0.454 e. The first kappa shape index (κ1) is 21.5. The van der Waals surface area contributed by atoms with Crippen LogP contribution in [0.5, 0.6) is 11.5 Å². The summed E-state index contributed by atoms with van der Waals surface area (Å²) in [7, 11) is 0. The van der Waals surface area contributed by atoms with E-state index in [9.17, 15) is 4.79 Å². The second-order valence-electron chi connectivity index (χ2n) is 9.55. The third-order valence-electron chi connectivity index (χ3n) is 7.14. The molecule has 0 unspecified atom stereocenters. The minimum atomic E-state index is -0.101. The molecule has 0 bridgehead atoms. The van der Waals surface area contributed by atoms with Crippen LogP contribution in [-0.4, -0.2) is 56.1 Å². The number of benzene rings is 1. The molecule has 0 radical (unpaired) electrons. The maximum atomic E-state index is 13.0. The van der Waals surface area contributed by atoms with Crippen molar-refractivity contribution in [1.82, 2.24) is 30.1 Å². The second-order valence-corrected chi connectivity index (χ2v) is 9.55. The highest BCUT2D eigenvalue weighted by Crippen LogP contribution is 2.35. The van der Waals surface area contributed by atoms with Crippen molar-refractivity contribution in [3.05, 3.63) is 39.9 Å². The lowest BCUT2D eigenvalue weighted by Crippen LogP contribution is -2.34. The van der Waals surface area contributed by atoms with E-state index in [1.807, 2.05) is 22.9 Å². The minimum Gasteiger partial charge on any atom is -0.454 e. The van der Waals surface area contributed by atoms with Gasteiger partial charge in [0.1, 0.15) is 0 Å². The first-order valence-corrected chi connectivity index (χ1v) is 12.3. The molecule has 3 aliphatic rings. The van der Waals surface area contributed by atoms with Gasteiger partial charge in [-0.2, -0.15) is 0 Å². The third-order valence-corrected chi connectivity index (χ3v) is 7.14. The Kier molecular flexibility index (Phi) is 5.92. The molecule has 10 nitrogen and oxygen atoms in total. The highest BCUT2D eigenvalue weighted by molar-refractivity contribution is 5.83. The summed E-state index contributed by atoms with van der Waals surface area (Å²) in [5.41, 5.74) is 1.33. The molecule has 0 amide bonds. The quantitative estimate of drug-likeness (QED) is 0.566.